The van der Waals surface area contributed by atoms with Gasteiger partial charge in [0.1, 0.15) is 5.01 Å². The van der Waals surface area contributed by atoms with E-state index in [4.69, 9.17) is 4.98 Å². The maximum absolute atomic E-state index is 4.85. The van der Waals surface area contributed by atoms with Gasteiger partial charge in [0.2, 0.25) is 0 Å². The van der Waals surface area contributed by atoms with Gasteiger partial charge in [-0.2, -0.15) is 0 Å². The molecule has 1 heterocycles. The lowest BCUT2D eigenvalue weighted by Crippen LogP contribution is -2.10. The number of nitrogens with zero attached hydrogens (tertiary/aromatic N) is 1. The molecule has 0 saturated heterocycles. The maximum Gasteiger partial charge on any atom is 0.124 e. The summed E-state index contributed by atoms with van der Waals surface area (Å²) in [7, 11) is 1.99. The molecule has 3 heteroatoms. The van der Waals surface area contributed by atoms with Crippen LogP contribution in [0.5, 0.6) is 0 Å². The number of hydrogen-bond donors (Lipinski definition) is 1. The highest BCUT2D eigenvalue weighted by molar-refractivity contribution is 7.21. The van der Waals surface area contributed by atoms with Crippen LogP contribution >= 0.6 is 11.3 Å². The molecule has 20 heavy (non-hydrogen) atoms. The van der Waals surface area contributed by atoms with E-state index >= 15 is 0 Å². The highest BCUT2D eigenvalue weighted by Gasteiger charge is 2.10. The molecule has 0 bridgehead atoms. The zero-order valence-electron chi connectivity index (χ0n) is 11.8. The number of rotatable bonds is 4. The second kappa shape index (κ2) is 5.73. The summed E-state index contributed by atoms with van der Waals surface area (Å²) in [5.74, 6) is 0. The number of hydrogen-bond acceptors (Lipinski definition) is 3. The van der Waals surface area contributed by atoms with Gasteiger partial charge in [-0.25, -0.2) is 4.98 Å². The van der Waals surface area contributed by atoms with Crippen molar-refractivity contribution in [2.24, 2.45) is 0 Å². The van der Waals surface area contributed by atoms with Gasteiger partial charge in [-0.15, -0.1) is 11.3 Å². The van der Waals surface area contributed by atoms with Crippen molar-refractivity contribution < 1.29 is 0 Å². The van der Waals surface area contributed by atoms with E-state index in [9.17, 15) is 0 Å². The van der Waals surface area contributed by atoms with Crippen LogP contribution in [0.25, 0.3) is 20.8 Å². The Labute approximate surface area is 123 Å². The maximum atomic E-state index is 4.85. The van der Waals surface area contributed by atoms with E-state index in [1.165, 1.54) is 21.4 Å². The summed E-state index contributed by atoms with van der Waals surface area (Å²) in [5.41, 5.74) is 5.01. The summed E-state index contributed by atoms with van der Waals surface area (Å²) in [5, 5.41) is 4.34. The van der Waals surface area contributed by atoms with E-state index in [0.29, 0.717) is 0 Å². The molecule has 0 aliphatic rings. The third-order valence-electron chi connectivity index (χ3n) is 3.51. The van der Waals surface area contributed by atoms with E-state index in [2.05, 4.69) is 54.7 Å². The normalized spacial score (nSPS) is 11.1. The molecule has 0 unspecified atom stereocenters. The minimum atomic E-state index is 0.987. The predicted octanol–water partition coefficient (Wildman–Crippen LogP) is 4.03. The third kappa shape index (κ3) is 2.47. The molecule has 2 nitrogen and oxygen atoms in total. The lowest BCUT2D eigenvalue weighted by atomic mass is 10.1. The van der Waals surface area contributed by atoms with E-state index in [1.54, 1.807) is 11.3 Å². The molecule has 3 aromatic rings. The molecule has 0 saturated carbocycles. The summed E-state index contributed by atoms with van der Waals surface area (Å²) in [6.45, 7) is 3.11. The highest BCUT2D eigenvalue weighted by atomic mass is 32.1. The van der Waals surface area contributed by atoms with Crippen molar-refractivity contribution in [2.75, 3.05) is 13.6 Å². The van der Waals surface area contributed by atoms with Gasteiger partial charge in [-0.3, -0.25) is 0 Å². The standard InChI is InChI=1S/C17H18N2S/c1-12-6-5-9-15-16(12)19-17(20-15)14-8-4-3-7-13(14)10-11-18-2/h3-9,18H,10-11H2,1-2H3. The SMILES string of the molecule is CNCCc1ccccc1-c1nc2c(C)cccc2s1. The summed E-state index contributed by atoms with van der Waals surface area (Å²) >= 11 is 1.78. The molecule has 1 N–H and O–H groups in total. The largest absolute Gasteiger partial charge is 0.319 e. The molecule has 0 fully saturated rings. The molecule has 1 aromatic heterocycles. The summed E-state index contributed by atoms with van der Waals surface area (Å²) < 4.78 is 1.27. The Morgan fingerprint density at radius 1 is 1.10 bits per heavy atom. The molecular formula is C17H18N2S. The van der Waals surface area contributed by atoms with E-state index in [0.717, 1.165) is 23.5 Å². The first-order valence-corrected chi connectivity index (χ1v) is 7.70. The van der Waals surface area contributed by atoms with Gasteiger partial charge in [0.15, 0.2) is 0 Å². The van der Waals surface area contributed by atoms with Crippen molar-refractivity contribution >= 4 is 21.6 Å². The molecule has 0 aliphatic heterocycles. The molecule has 2 aromatic carbocycles. The first-order chi connectivity index (χ1) is 9.79. The van der Waals surface area contributed by atoms with E-state index in [1.807, 2.05) is 7.05 Å². The Morgan fingerprint density at radius 2 is 1.95 bits per heavy atom. The molecule has 3 rings (SSSR count). The van der Waals surface area contributed by atoms with Crippen molar-refractivity contribution in [1.29, 1.82) is 0 Å². The number of likely N-dealkylation sites (N-methyl/N-ethyl adjacent to an activating group) is 1. The fourth-order valence-electron chi connectivity index (χ4n) is 2.41. The molecule has 0 spiro atoms. The topological polar surface area (TPSA) is 24.9 Å². The van der Waals surface area contributed by atoms with Crippen LogP contribution in [-0.4, -0.2) is 18.6 Å². The molecule has 0 amide bonds. The summed E-state index contributed by atoms with van der Waals surface area (Å²) in [6.07, 6.45) is 1.03. The second-order valence-corrected chi connectivity index (χ2v) is 5.98. The Balaban J connectivity index is 2.08. The van der Waals surface area contributed by atoms with Gasteiger partial charge < -0.3 is 5.32 Å². The van der Waals surface area contributed by atoms with Gasteiger partial charge in [0, 0.05) is 5.56 Å². The molecular weight excluding hydrogens is 264 g/mol. The zero-order chi connectivity index (χ0) is 13.9. The van der Waals surface area contributed by atoms with Crippen LogP contribution in [-0.2, 0) is 6.42 Å². The third-order valence-corrected chi connectivity index (χ3v) is 4.57. The van der Waals surface area contributed by atoms with Crippen molar-refractivity contribution in [1.82, 2.24) is 10.3 Å². The Bertz CT molecular complexity index is 731. The van der Waals surface area contributed by atoms with Crippen molar-refractivity contribution in [2.45, 2.75) is 13.3 Å². The average molecular weight is 282 g/mol. The second-order valence-electron chi connectivity index (χ2n) is 4.95. The Kier molecular flexibility index (Phi) is 3.81. The number of aromatic nitrogens is 1. The lowest BCUT2D eigenvalue weighted by Gasteiger charge is -2.06. The van der Waals surface area contributed by atoms with Gasteiger partial charge in [-0.05, 0) is 44.1 Å². The van der Waals surface area contributed by atoms with Gasteiger partial charge in [0.25, 0.3) is 0 Å². The Hall–Kier alpha value is -1.71. The van der Waals surface area contributed by atoms with Crippen LogP contribution in [0.1, 0.15) is 11.1 Å². The number of nitrogens with one attached hydrogen (secondary N) is 1. The minimum Gasteiger partial charge on any atom is -0.319 e. The van der Waals surface area contributed by atoms with Crippen LogP contribution in [0.3, 0.4) is 0 Å². The smallest absolute Gasteiger partial charge is 0.124 e. The average Bonchev–Trinajstić information content (AvgIpc) is 2.91. The van der Waals surface area contributed by atoms with Gasteiger partial charge in [-0.1, -0.05) is 36.4 Å². The number of aryl methyl sites for hydroxylation is 1. The lowest BCUT2D eigenvalue weighted by molar-refractivity contribution is 0.792. The zero-order valence-corrected chi connectivity index (χ0v) is 12.6. The van der Waals surface area contributed by atoms with Crippen molar-refractivity contribution in [3.05, 3.63) is 53.6 Å². The summed E-state index contributed by atoms with van der Waals surface area (Å²) in [6, 6.07) is 15.0. The first kappa shape index (κ1) is 13.3. The number of fused-ring (bicyclic) bond motifs is 1. The van der Waals surface area contributed by atoms with Gasteiger partial charge in [0.05, 0.1) is 10.2 Å². The van der Waals surface area contributed by atoms with E-state index in [-0.39, 0.29) is 0 Å². The van der Waals surface area contributed by atoms with Crippen LogP contribution in [0.2, 0.25) is 0 Å². The van der Waals surface area contributed by atoms with Crippen molar-refractivity contribution in [3.8, 4) is 10.6 Å². The van der Waals surface area contributed by atoms with Crippen LogP contribution < -0.4 is 5.32 Å². The van der Waals surface area contributed by atoms with Crippen LogP contribution in [0, 0.1) is 6.92 Å². The molecule has 0 radical (unpaired) electrons. The number of benzene rings is 2. The highest BCUT2D eigenvalue weighted by Crippen LogP contribution is 2.33. The van der Waals surface area contributed by atoms with Gasteiger partial charge >= 0.3 is 0 Å². The Morgan fingerprint density at radius 3 is 2.75 bits per heavy atom. The molecule has 0 aliphatic carbocycles. The van der Waals surface area contributed by atoms with Crippen molar-refractivity contribution in [3.63, 3.8) is 0 Å². The quantitative estimate of drug-likeness (QED) is 0.781. The monoisotopic (exact) mass is 282 g/mol. The van der Waals surface area contributed by atoms with Crippen LogP contribution in [0.15, 0.2) is 42.5 Å². The van der Waals surface area contributed by atoms with E-state index < -0.39 is 0 Å². The van der Waals surface area contributed by atoms with Crippen LogP contribution in [0.4, 0.5) is 0 Å². The summed E-state index contributed by atoms with van der Waals surface area (Å²) in [4.78, 5) is 4.85. The fourth-order valence-corrected chi connectivity index (χ4v) is 3.51. The number of para-hydroxylation sites is 1. The first-order valence-electron chi connectivity index (χ1n) is 6.88. The molecule has 102 valence electrons. The minimum absolute atomic E-state index is 0.987. The number of thiazole rings is 1. The molecule has 0 atom stereocenters. The predicted molar refractivity (Wildman–Crippen MR) is 87.4 cm³/mol. The fraction of sp³-hybridized carbons (Fsp3) is 0.235.